The fourth-order valence-electron chi connectivity index (χ4n) is 5.80. The van der Waals surface area contributed by atoms with Crippen molar-refractivity contribution in [2.45, 2.75) is 69.9 Å². The number of Topliss-reactive ketones (excluding diaryl/α,β-unsaturated/α-hetero) is 1. The van der Waals surface area contributed by atoms with Gasteiger partial charge in [0.1, 0.15) is 17.4 Å². The zero-order chi connectivity index (χ0) is 28.0. The molecule has 1 aromatic carbocycles. The van der Waals surface area contributed by atoms with E-state index in [1.807, 2.05) is 43.3 Å². The Kier molecular flexibility index (Phi) is 6.83. The van der Waals surface area contributed by atoms with E-state index in [1.54, 1.807) is 22.0 Å². The van der Waals surface area contributed by atoms with Crippen LogP contribution in [0.25, 0.3) is 16.6 Å². The van der Waals surface area contributed by atoms with Crippen LogP contribution < -0.4 is 5.73 Å². The Morgan fingerprint density at radius 3 is 2.48 bits per heavy atom. The Bertz CT molecular complexity index is 1570. The SMILES string of the molecule is C[C@H](O)C(=O)N1C[C@H](c2nn(-c3ccc(C(=O)Cc4cc(C5CC5)ccn4)cc3)c3c(N)nccc23)CC[C@@H]1C. The minimum atomic E-state index is -1.05. The third kappa shape index (κ3) is 4.97. The molecule has 1 amide bonds. The minimum Gasteiger partial charge on any atom is -0.384 e. The third-order valence-corrected chi connectivity index (χ3v) is 8.22. The predicted octanol–water partition coefficient (Wildman–Crippen LogP) is 4.18. The van der Waals surface area contributed by atoms with Gasteiger partial charge in [-0.05, 0) is 93.5 Å². The summed E-state index contributed by atoms with van der Waals surface area (Å²) in [6, 6.07) is 13.4. The lowest BCUT2D eigenvalue weighted by atomic mass is 9.89. The number of carbonyl (C=O) groups excluding carboxylic acids is 2. The zero-order valence-electron chi connectivity index (χ0n) is 22.8. The number of ketones is 1. The average Bonchev–Trinajstić information content (AvgIpc) is 3.74. The lowest BCUT2D eigenvalue weighted by Crippen LogP contribution is -2.48. The van der Waals surface area contributed by atoms with Crippen LogP contribution in [0.15, 0.2) is 54.9 Å². The van der Waals surface area contributed by atoms with Gasteiger partial charge in [0, 0.05) is 47.5 Å². The number of aliphatic hydroxyl groups is 1. The Morgan fingerprint density at radius 1 is 1.02 bits per heavy atom. The number of nitrogens with two attached hydrogens (primary N) is 1. The first kappa shape index (κ1) is 26.1. The topological polar surface area (TPSA) is 127 Å². The standard InChI is InChI=1S/C31H34N6O3/c1-18-3-4-23(17-36(18)31(40)19(2)38)28-26-12-14-34-30(32)29(26)37(35-28)25-9-7-21(8-10-25)27(39)16-24-15-22(11-13-33-24)20-5-6-20/h7-15,18-20,23,38H,3-6,16-17H2,1-2H3,(H2,32,34)/t18-,19-,23+/m0/s1. The minimum absolute atomic E-state index is 0.01000. The number of aromatic nitrogens is 4. The summed E-state index contributed by atoms with van der Waals surface area (Å²) in [6.45, 7) is 3.99. The highest BCUT2D eigenvalue weighted by atomic mass is 16.3. The van der Waals surface area contributed by atoms with Crippen LogP contribution in [0.3, 0.4) is 0 Å². The number of likely N-dealkylation sites (tertiary alicyclic amines) is 1. The molecule has 3 aromatic heterocycles. The molecular formula is C31H34N6O3. The molecule has 3 N–H and O–H groups in total. The van der Waals surface area contributed by atoms with E-state index in [4.69, 9.17) is 10.8 Å². The summed E-state index contributed by atoms with van der Waals surface area (Å²) < 4.78 is 1.78. The fraction of sp³-hybridized carbons (Fsp3) is 0.387. The van der Waals surface area contributed by atoms with Gasteiger partial charge in [-0.2, -0.15) is 5.10 Å². The Labute approximate surface area is 233 Å². The third-order valence-electron chi connectivity index (χ3n) is 8.22. The molecule has 0 radical (unpaired) electrons. The number of piperidine rings is 1. The fourth-order valence-corrected chi connectivity index (χ4v) is 5.80. The maximum Gasteiger partial charge on any atom is 0.251 e. The van der Waals surface area contributed by atoms with Crippen LogP contribution in [0.5, 0.6) is 0 Å². The molecule has 9 nitrogen and oxygen atoms in total. The number of nitrogens with zero attached hydrogens (tertiary/aromatic N) is 5. The van der Waals surface area contributed by atoms with Crippen molar-refractivity contribution in [1.82, 2.24) is 24.6 Å². The number of anilines is 1. The Balaban J connectivity index is 1.28. The summed E-state index contributed by atoms with van der Waals surface area (Å²) >= 11 is 0. The van der Waals surface area contributed by atoms with Gasteiger partial charge in [-0.15, -0.1) is 0 Å². The van der Waals surface area contributed by atoms with E-state index >= 15 is 0 Å². The summed E-state index contributed by atoms with van der Waals surface area (Å²) in [4.78, 5) is 36.2. The monoisotopic (exact) mass is 538 g/mol. The molecule has 3 atom stereocenters. The number of rotatable bonds is 7. The van der Waals surface area contributed by atoms with Crippen LogP contribution in [0.4, 0.5) is 5.82 Å². The van der Waals surface area contributed by atoms with Gasteiger partial charge in [0.05, 0.1) is 17.8 Å². The highest BCUT2D eigenvalue weighted by Gasteiger charge is 2.34. The molecule has 9 heteroatoms. The second-order valence-electron chi connectivity index (χ2n) is 11.2. The smallest absolute Gasteiger partial charge is 0.251 e. The van der Waals surface area contributed by atoms with E-state index in [-0.39, 0.29) is 30.1 Å². The van der Waals surface area contributed by atoms with E-state index in [0.29, 0.717) is 29.4 Å². The molecule has 2 fully saturated rings. The van der Waals surface area contributed by atoms with Crippen LogP contribution in [0, 0.1) is 0 Å². The number of benzene rings is 1. The van der Waals surface area contributed by atoms with Crippen molar-refractivity contribution in [1.29, 1.82) is 0 Å². The summed E-state index contributed by atoms with van der Waals surface area (Å²) in [5, 5.41) is 15.8. The summed E-state index contributed by atoms with van der Waals surface area (Å²) in [6.07, 6.45) is 6.77. The van der Waals surface area contributed by atoms with Crippen LogP contribution in [0.2, 0.25) is 0 Å². The van der Waals surface area contributed by atoms with E-state index in [2.05, 4.69) is 16.0 Å². The number of hydrogen-bond acceptors (Lipinski definition) is 7. The van der Waals surface area contributed by atoms with Gasteiger partial charge >= 0.3 is 0 Å². The molecular weight excluding hydrogens is 504 g/mol. The normalized spacial score (nSPS) is 20.0. The lowest BCUT2D eigenvalue weighted by Gasteiger charge is -2.38. The molecule has 4 heterocycles. The van der Waals surface area contributed by atoms with Gasteiger partial charge in [-0.25, -0.2) is 9.67 Å². The first-order valence-corrected chi connectivity index (χ1v) is 14.0. The molecule has 1 aliphatic carbocycles. The van der Waals surface area contributed by atoms with Crippen LogP contribution in [0.1, 0.15) is 78.7 Å². The van der Waals surface area contributed by atoms with Crippen molar-refractivity contribution in [2.24, 2.45) is 0 Å². The van der Waals surface area contributed by atoms with Crippen molar-refractivity contribution in [2.75, 3.05) is 12.3 Å². The van der Waals surface area contributed by atoms with Crippen LogP contribution in [-0.2, 0) is 11.2 Å². The van der Waals surface area contributed by atoms with Crippen molar-refractivity contribution in [3.63, 3.8) is 0 Å². The summed E-state index contributed by atoms with van der Waals surface area (Å²) in [5.41, 5.74) is 11.3. The molecule has 0 spiro atoms. The maximum atomic E-state index is 13.1. The molecule has 6 rings (SSSR count). The second-order valence-corrected chi connectivity index (χ2v) is 11.2. The molecule has 1 aliphatic heterocycles. The molecule has 1 saturated carbocycles. The molecule has 2 aliphatic rings. The molecule has 0 bridgehead atoms. The second kappa shape index (κ2) is 10.5. The lowest BCUT2D eigenvalue weighted by molar-refractivity contribution is -0.143. The highest BCUT2D eigenvalue weighted by molar-refractivity contribution is 5.97. The molecule has 206 valence electrons. The summed E-state index contributed by atoms with van der Waals surface area (Å²) in [5.74, 6) is 0.712. The number of amides is 1. The number of carbonyl (C=O) groups is 2. The van der Waals surface area contributed by atoms with Crippen molar-refractivity contribution in [3.05, 3.63) is 77.4 Å². The summed E-state index contributed by atoms with van der Waals surface area (Å²) in [7, 11) is 0. The predicted molar refractivity (Wildman–Crippen MR) is 152 cm³/mol. The van der Waals surface area contributed by atoms with Gasteiger partial charge in [0.2, 0.25) is 0 Å². The van der Waals surface area contributed by atoms with Gasteiger partial charge in [-0.3, -0.25) is 14.6 Å². The first-order chi connectivity index (χ1) is 19.3. The van der Waals surface area contributed by atoms with Crippen LogP contribution in [-0.4, -0.2) is 60.1 Å². The molecule has 1 saturated heterocycles. The first-order valence-electron chi connectivity index (χ1n) is 14.0. The van der Waals surface area contributed by atoms with Crippen LogP contribution >= 0.6 is 0 Å². The van der Waals surface area contributed by atoms with Gasteiger partial charge in [0.25, 0.3) is 5.91 Å². The van der Waals surface area contributed by atoms with Gasteiger partial charge in [-0.1, -0.05) is 0 Å². The van der Waals surface area contributed by atoms with Gasteiger partial charge < -0.3 is 15.7 Å². The van der Waals surface area contributed by atoms with E-state index in [9.17, 15) is 14.7 Å². The number of aliphatic hydroxyl groups excluding tert-OH is 1. The zero-order valence-corrected chi connectivity index (χ0v) is 22.8. The quantitative estimate of drug-likeness (QED) is 0.338. The largest absolute Gasteiger partial charge is 0.384 e. The number of hydrogen-bond donors (Lipinski definition) is 2. The molecule has 0 unspecified atom stereocenters. The van der Waals surface area contributed by atoms with Crippen molar-refractivity contribution < 1.29 is 14.7 Å². The molecule has 40 heavy (non-hydrogen) atoms. The molecule has 4 aromatic rings. The number of pyridine rings is 2. The Morgan fingerprint density at radius 2 is 1.75 bits per heavy atom. The van der Waals surface area contributed by atoms with E-state index in [0.717, 1.165) is 35.3 Å². The van der Waals surface area contributed by atoms with Crippen molar-refractivity contribution >= 4 is 28.4 Å². The average molecular weight is 539 g/mol. The van der Waals surface area contributed by atoms with Crippen molar-refractivity contribution in [3.8, 4) is 5.69 Å². The van der Waals surface area contributed by atoms with E-state index < -0.39 is 6.10 Å². The number of nitrogen functional groups attached to an aromatic ring is 1. The Hall–Kier alpha value is -4.11. The highest BCUT2D eigenvalue weighted by Crippen LogP contribution is 2.40. The number of fused-ring (bicyclic) bond motifs is 1. The van der Waals surface area contributed by atoms with Gasteiger partial charge in [0.15, 0.2) is 5.78 Å². The maximum absolute atomic E-state index is 13.1. The van der Waals surface area contributed by atoms with E-state index in [1.165, 1.54) is 25.3 Å².